The maximum Gasteiger partial charge on any atom is 0.258 e. The molecule has 1 saturated heterocycles. The molecule has 2 rings (SSSR count). The van der Waals surface area contributed by atoms with E-state index in [1.165, 1.54) is 24.1 Å². The van der Waals surface area contributed by atoms with E-state index < -0.39 is 11.9 Å². The zero-order valence-electron chi connectivity index (χ0n) is 10.6. The number of carbonyl (C=O) groups is 1. The van der Waals surface area contributed by atoms with Crippen LogP contribution in [0.5, 0.6) is 5.75 Å². The molecule has 1 aromatic carbocycles. The minimum Gasteiger partial charge on any atom is -0.496 e. The molecular weight excluding hydrogens is 253 g/mol. The first-order valence-electron chi connectivity index (χ1n) is 6.00. The van der Waals surface area contributed by atoms with Crippen LogP contribution < -0.4 is 4.74 Å². The van der Waals surface area contributed by atoms with Crippen molar-refractivity contribution in [3.05, 3.63) is 29.6 Å². The summed E-state index contributed by atoms with van der Waals surface area (Å²) in [6.07, 6.45) is 0. The van der Waals surface area contributed by atoms with Crippen LogP contribution in [0.1, 0.15) is 10.4 Å². The molecule has 1 aromatic rings. The number of amides is 1. The molecule has 19 heavy (non-hydrogen) atoms. The van der Waals surface area contributed by atoms with Gasteiger partial charge in [0.2, 0.25) is 0 Å². The summed E-state index contributed by atoms with van der Waals surface area (Å²) in [7, 11) is 1.42. The number of nitrogens with zero attached hydrogens (tertiary/aromatic N) is 1. The minimum atomic E-state index is -0.502. The number of benzene rings is 1. The average molecular weight is 269 g/mol. The van der Waals surface area contributed by atoms with Gasteiger partial charge in [-0.05, 0) is 18.2 Å². The third-order valence-electron chi connectivity index (χ3n) is 3.09. The van der Waals surface area contributed by atoms with Crippen molar-refractivity contribution >= 4 is 5.91 Å². The molecule has 0 saturated carbocycles. The molecule has 104 valence electrons. The van der Waals surface area contributed by atoms with E-state index in [1.807, 2.05) is 0 Å². The molecule has 5 nitrogen and oxygen atoms in total. The summed E-state index contributed by atoms with van der Waals surface area (Å²) in [5.41, 5.74) is 0.155. The average Bonchev–Trinajstić information content (AvgIpc) is 2.46. The van der Waals surface area contributed by atoms with Crippen molar-refractivity contribution in [1.82, 2.24) is 4.90 Å². The van der Waals surface area contributed by atoms with Crippen LogP contribution in [0.25, 0.3) is 0 Å². The summed E-state index contributed by atoms with van der Waals surface area (Å²) in [5.74, 6) is -0.550. The number of carbonyl (C=O) groups excluding carboxylic acids is 1. The van der Waals surface area contributed by atoms with Crippen LogP contribution in [-0.4, -0.2) is 55.4 Å². The van der Waals surface area contributed by atoms with Gasteiger partial charge in [-0.1, -0.05) is 0 Å². The molecule has 1 fully saturated rings. The molecule has 1 amide bonds. The predicted molar refractivity (Wildman–Crippen MR) is 65.7 cm³/mol. The van der Waals surface area contributed by atoms with Crippen molar-refractivity contribution < 1.29 is 23.8 Å². The Kier molecular flexibility index (Phi) is 4.34. The lowest BCUT2D eigenvalue weighted by molar-refractivity contribution is -0.0185. The van der Waals surface area contributed by atoms with E-state index in [2.05, 4.69) is 0 Å². The second kappa shape index (κ2) is 5.99. The first kappa shape index (κ1) is 13.8. The lowest BCUT2D eigenvalue weighted by Gasteiger charge is -2.34. The van der Waals surface area contributed by atoms with E-state index in [4.69, 9.17) is 9.47 Å². The summed E-state index contributed by atoms with van der Waals surface area (Å²) in [4.78, 5) is 13.9. The fraction of sp³-hybridized carbons (Fsp3) is 0.462. The molecule has 0 spiro atoms. The lowest BCUT2D eigenvalue weighted by Crippen LogP contribution is -2.50. The SMILES string of the molecule is COc1ccc(F)cc1C(=O)N1CCOC[C@H]1CO. The Morgan fingerprint density at radius 1 is 1.63 bits per heavy atom. The zero-order valence-corrected chi connectivity index (χ0v) is 10.6. The number of halogens is 1. The van der Waals surface area contributed by atoms with E-state index in [1.54, 1.807) is 0 Å². The van der Waals surface area contributed by atoms with E-state index in [9.17, 15) is 14.3 Å². The third-order valence-corrected chi connectivity index (χ3v) is 3.09. The van der Waals surface area contributed by atoms with Gasteiger partial charge in [0, 0.05) is 6.54 Å². The number of aliphatic hydroxyl groups excluding tert-OH is 1. The van der Waals surface area contributed by atoms with Gasteiger partial charge in [0.25, 0.3) is 5.91 Å². The van der Waals surface area contributed by atoms with Crippen molar-refractivity contribution in [2.75, 3.05) is 33.5 Å². The van der Waals surface area contributed by atoms with Crippen LogP contribution in [0.15, 0.2) is 18.2 Å². The highest BCUT2D eigenvalue weighted by atomic mass is 19.1. The monoisotopic (exact) mass is 269 g/mol. The molecule has 0 bridgehead atoms. The molecule has 1 aliphatic heterocycles. The molecule has 0 unspecified atom stereocenters. The molecule has 1 atom stereocenters. The number of ether oxygens (including phenoxy) is 2. The van der Waals surface area contributed by atoms with Crippen molar-refractivity contribution in [2.24, 2.45) is 0 Å². The molecule has 0 aliphatic carbocycles. The molecule has 0 radical (unpaired) electrons. The van der Waals surface area contributed by atoms with Gasteiger partial charge in [0.1, 0.15) is 11.6 Å². The number of morpholine rings is 1. The zero-order chi connectivity index (χ0) is 13.8. The summed E-state index contributed by atoms with van der Waals surface area (Å²) >= 11 is 0. The fourth-order valence-corrected chi connectivity index (χ4v) is 2.08. The van der Waals surface area contributed by atoms with E-state index in [-0.39, 0.29) is 24.7 Å². The van der Waals surface area contributed by atoms with Crippen molar-refractivity contribution in [3.8, 4) is 5.75 Å². The van der Waals surface area contributed by atoms with Gasteiger partial charge in [0.05, 0.1) is 38.5 Å². The van der Waals surface area contributed by atoms with Gasteiger partial charge < -0.3 is 19.5 Å². The van der Waals surface area contributed by atoms with Gasteiger partial charge in [0.15, 0.2) is 0 Å². The maximum absolute atomic E-state index is 13.3. The first-order chi connectivity index (χ1) is 9.17. The van der Waals surface area contributed by atoms with E-state index in [0.717, 1.165) is 6.07 Å². The lowest BCUT2D eigenvalue weighted by atomic mass is 10.1. The Bertz CT molecular complexity index is 466. The number of hydrogen-bond acceptors (Lipinski definition) is 4. The Labute approximate surface area is 110 Å². The molecular formula is C13H16FNO4. The van der Waals surface area contributed by atoms with E-state index >= 15 is 0 Å². The van der Waals surface area contributed by atoms with Gasteiger partial charge >= 0.3 is 0 Å². The van der Waals surface area contributed by atoms with E-state index in [0.29, 0.717) is 18.9 Å². The number of rotatable bonds is 3. The molecule has 1 aliphatic rings. The van der Waals surface area contributed by atoms with Gasteiger partial charge in [-0.3, -0.25) is 4.79 Å². The highest BCUT2D eigenvalue weighted by Gasteiger charge is 2.29. The van der Waals surface area contributed by atoms with Crippen LogP contribution in [0.2, 0.25) is 0 Å². The summed E-state index contributed by atoms with van der Waals surface area (Å²) in [6.45, 7) is 0.854. The standard InChI is InChI=1S/C13H16FNO4/c1-18-12-3-2-9(14)6-11(12)13(17)15-4-5-19-8-10(15)7-16/h2-3,6,10,16H,4-5,7-8H2,1H3/t10-/m1/s1. The second-order valence-corrected chi connectivity index (χ2v) is 4.25. The highest BCUT2D eigenvalue weighted by Crippen LogP contribution is 2.22. The van der Waals surface area contributed by atoms with Crippen LogP contribution in [0, 0.1) is 5.82 Å². The Hall–Kier alpha value is -1.66. The van der Waals surface area contributed by atoms with Crippen LogP contribution in [-0.2, 0) is 4.74 Å². The third kappa shape index (κ3) is 2.85. The highest BCUT2D eigenvalue weighted by molar-refractivity contribution is 5.97. The minimum absolute atomic E-state index is 0.155. The number of methoxy groups -OCH3 is 1. The molecule has 1 heterocycles. The van der Waals surface area contributed by atoms with Crippen molar-refractivity contribution in [3.63, 3.8) is 0 Å². The molecule has 1 N–H and O–H groups in total. The number of aliphatic hydroxyl groups is 1. The van der Waals surface area contributed by atoms with Gasteiger partial charge in [-0.15, -0.1) is 0 Å². The maximum atomic E-state index is 13.3. The predicted octanol–water partition coefficient (Wildman–Crippen LogP) is 0.668. The summed E-state index contributed by atoms with van der Waals surface area (Å²) in [6, 6.07) is 3.38. The number of hydrogen-bond donors (Lipinski definition) is 1. The fourth-order valence-electron chi connectivity index (χ4n) is 2.08. The second-order valence-electron chi connectivity index (χ2n) is 4.25. The Balaban J connectivity index is 2.29. The topological polar surface area (TPSA) is 59.0 Å². The van der Waals surface area contributed by atoms with Crippen LogP contribution >= 0.6 is 0 Å². The van der Waals surface area contributed by atoms with Crippen molar-refractivity contribution in [1.29, 1.82) is 0 Å². The van der Waals surface area contributed by atoms with Crippen LogP contribution in [0.4, 0.5) is 4.39 Å². The van der Waals surface area contributed by atoms with Crippen molar-refractivity contribution in [2.45, 2.75) is 6.04 Å². The molecule has 0 aromatic heterocycles. The van der Waals surface area contributed by atoms with Crippen LogP contribution in [0.3, 0.4) is 0 Å². The smallest absolute Gasteiger partial charge is 0.258 e. The summed E-state index contributed by atoms with van der Waals surface area (Å²) in [5, 5.41) is 9.26. The largest absolute Gasteiger partial charge is 0.496 e. The quantitative estimate of drug-likeness (QED) is 0.876. The van der Waals surface area contributed by atoms with Gasteiger partial charge in [-0.25, -0.2) is 4.39 Å². The normalized spacial score (nSPS) is 19.3. The Morgan fingerprint density at radius 2 is 2.42 bits per heavy atom. The van der Waals surface area contributed by atoms with Gasteiger partial charge in [-0.2, -0.15) is 0 Å². The first-order valence-corrected chi connectivity index (χ1v) is 6.00. The summed E-state index contributed by atoms with van der Waals surface area (Å²) < 4.78 is 23.6. The molecule has 6 heteroatoms. The Morgan fingerprint density at radius 3 is 3.11 bits per heavy atom.